The van der Waals surface area contributed by atoms with Crippen molar-refractivity contribution >= 4 is 39.8 Å². The lowest BCUT2D eigenvalue weighted by Gasteiger charge is -2.18. The Morgan fingerprint density at radius 1 is 1.12 bits per heavy atom. The van der Waals surface area contributed by atoms with Crippen LogP contribution in [0.5, 0.6) is 17.2 Å². The third kappa shape index (κ3) is 6.27. The number of benzene rings is 2. The molecule has 32 heavy (non-hydrogen) atoms. The fraction of sp³-hybridized carbons (Fsp3) is 0.318. The molecule has 10 heteroatoms. The molecule has 3 aromatic rings. The van der Waals surface area contributed by atoms with E-state index in [0.717, 1.165) is 17.0 Å². The minimum Gasteiger partial charge on any atom is -0.497 e. The Balaban J connectivity index is 1.56. The van der Waals surface area contributed by atoms with E-state index in [4.69, 9.17) is 14.2 Å². The fourth-order valence-corrected chi connectivity index (χ4v) is 4.53. The molecule has 2 N–H and O–H groups in total. The van der Waals surface area contributed by atoms with E-state index in [9.17, 15) is 4.79 Å². The zero-order valence-electron chi connectivity index (χ0n) is 18.4. The lowest BCUT2D eigenvalue weighted by Crippen LogP contribution is -2.28. The molecule has 0 saturated carbocycles. The van der Waals surface area contributed by atoms with Crippen LogP contribution in [0, 0.1) is 0 Å². The zero-order chi connectivity index (χ0) is 22.9. The number of nitrogens with zero attached hydrogens (tertiary/aromatic N) is 2. The number of carbonyl (C=O) groups excluding carboxylic acids is 1. The largest absolute Gasteiger partial charge is 0.497 e. The van der Waals surface area contributed by atoms with Gasteiger partial charge in [-0.05, 0) is 44.2 Å². The number of methoxy groups -OCH3 is 2. The monoisotopic (exact) mass is 474 g/mol. The lowest BCUT2D eigenvalue weighted by atomic mass is 10.1. The lowest BCUT2D eigenvalue weighted by molar-refractivity contribution is -0.119. The number of amides is 1. The summed E-state index contributed by atoms with van der Waals surface area (Å²) in [5, 5.41) is 15.2. The van der Waals surface area contributed by atoms with Gasteiger partial charge in [0.15, 0.2) is 4.34 Å². The highest BCUT2D eigenvalue weighted by molar-refractivity contribution is 8.01. The van der Waals surface area contributed by atoms with E-state index in [1.165, 1.54) is 23.1 Å². The van der Waals surface area contributed by atoms with Crippen molar-refractivity contribution in [3.8, 4) is 17.2 Å². The predicted molar refractivity (Wildman–Crippen MR) is 128 cm³/mol. The number of rotatable bonds is 11. The Morgan fingerprint density at radius 3 is 2.69 bits per heavy atom. The molecule has 1 aromatic heterocycles. The summed E-state index contributed by atoms with van der Waals surface area (Å²) in [5.74, 6) is 2.26. The molecule has 0 aliphatic carbocycles. The number of ether oxygens (including phenoxy) is 3. The van der Waals surface area contributed by atoms with Gasteiger partial charge in [-0.15, -0.1) is 10.2 Å². The summed E-state index contributed by atoms with van der Waals surface area (Å²) in [6.07, 6.45) is 0. The van der Waals surface area contributed by atoms with Crippen molar-refractivity contribution < 1.29 is 19.0 Å². The van der Waals surface area contributed by atoms with Crippen LogP contribution in [0.25, 0.3) is 0 Å². The van der Waals surface area contributed by atoms with Gasteiger partial charge in [0.1, 0.15) is 17.2 Å². The Bertz CT molecular complexity index is 1040. The minimum atomic E-state index is -0.241. The van der Waals surface area contributed by atoms with Crippen LogP contribution >= 0.6 is 23.1 Å². The van der Waals surface area contributed by atoms with Gasteiger partial charge in [0.25, 0.3) is 0 Å². The first-order chi connectivity index (χ1) is 15.5. The topological polar surface area (TPSA) is 94.6 Å². The number of aromatic nitrogens is 2. The summed E-state index contributed by atoms with van der Waals surface area (Å²) >= 11 is 2.72. The summed E-state index contributed by atoms with van der Waals surface area (Å²) in [6, 6.07) is 12.9. The minimum absolute atomic E-state index is 0.112. The van der Waals surface area contributed by atoms with Crippen LogP contribution in [0.2, 0.25) is 0 Å². The third-order valence-electron chi connectivity index (χ3n) is 4.44. The van der Waals surface area contributed by atoms with Crippen molar-refractivity contribution in [3.63, 3.8) is 0 Å². The number of carbonyl (C=O) groups is 1. The van der Waals surface area contributed by atoms with E-state index < -0.39 is 0 Å². The highest BCUT2D eigenvalue weighted by Crippen LogP contribution is 2.32. The van der Waals surface area contributed by atoms with Crippen molar-refractivity contribution in [1.29, 1.82) is 0 Å². The molecule has 170 valence electrons. The number of anilines is 2. The molecule has 1 heterocycles. The van der Waals surface area contributed by atoms with E-state index in [-0.39, 0.29) is 17.7 Å². The smallest absolute Gasteiger partial charge is 0.230 e. The Morgan fingerprint density at radius 2 is 1.94 bits per heavy atom. The molecule has 1 amide bonds. The molecular formula is C22H26N4O4S2. The second kappa shape index (κ2) is 11.6. The number of hydrogen-bond acceptors (Lipinski definition) is 9. The molecule has 0 aliphatic heterocycles. The molecule has 0 aliphatic rings. The van der Waals surface area contributed by atoms with Crippen molar-refractivity contribution in [2.45, 2.75) is 24.2 Å². The molecule has 3 rings (SSSR count). The van der Waals surface area contributed by atoms with Crippen LogP contribution in [-0.4, -0.2) is 42.7 Å². The molecule has 0 fully saturated rings. The van der Waals surface area contributed by atoms with Crippen molar-refractivity contribution in [2.75, 3.05) is 31.9 Å². The summed E-state index contributed by atoms with van der Waals surface area (Å²) < 4.78 is 17.0. The maximum absolute atomic E-state index is 12.5. The first kappa shape index (κ1) is 23.7. The van der Waals surface area contributed by atoms with Gasteiger partial charge in [-0.1, -0.05) is 35.2 Å². The standard InChI is InChI=1S/C22H26N4O4S2/c1-5-30-19-9-7-6-8-17(19)24-21-25-26-22(32-21)31-13-20(27)23-14(2)16-12-15(28-3)10-11-18(16)29-4/h6-12,14H,5,13H2,1-4H3,(H,23,27)(H,24,25). The zero-order valence-corrected chi connectivity index (χ0v) is 20.0. The normalized spacial score (nSPS) is 11.5. The first-order valence-electron chi connectivity index (χ1n) is 10.0. The van der Waals surface area contributed by atoms with E-state index in [2.05, 4.69) is 20.8 Å². The van der Waals surface area contributed by atoms with Crippen LogP contribution < -0.4 is 24.8 Å². The molecule has 0 bridgehead atoms. The van der Waals surface area contributed by atoms with Crippen LogP contribution in [-0.2, 0) is 4.79 Å². The van der Waals surface area contributed by atoms with E-state index in [0.29, 0.717) is 27.6 Å². The average Bonchev–Trinajstić information content (AvgIpc) is 3.26. The van der Waals surface area contributed by atoms with E-state index in [1.54, 1.807) is 14.2 Å². The van der Waals surface area contributed by atoms with Gasteiger partial charge in [-0.2, -0.15) is 0 Å². The quantitative estimate of drug-likeness (QED) is 0.387. The van der Waals surface area contributed by atoms with E-state index >= 15 is 0 Å². The molecule has 1 atom stereocenters. The van der Waals surface area contributed by atoms with Gasteiger partial charge in [-0.25, -0.2) is 0 Å². The van der Waals surface area contributed by atoms with Gasteiger partial charge in [0, 0.05) is 5.56 Å². The van der Waals surface area contributed by atoms with Gasteiger partial charge >= 0.3 is 0 Å². The van der Waals surface area contributed by atoms with E-state index in [1.807, 2.05) is 56.3 Å². The molecule has 0 saturated heterocycles. The highest BCUT2D eigenvalue weighted by Gasteiger charge is 2.16. The molecule has 1 unspecified atom stereocenters. The molecule has 2 aromatic carbocycles. The summed E-state index contributed by atoms with van der Waals surface area (Å²) in [7, 11) is 3.20. The number of para-hydroxylation sites is 2. The van der Waals surface area contributed by atoms with Gasteiger partial charge in [-0.3, -0.25) is 4.79 Å². The summed E-state index contributed by atoms with van der Waals surface area (Å²) in [4.78, 5) is 12.5. The number of nitrogens with one attached hydrogen (secondary N) is 2. The Hall–Kier alpha value is -2.98. The Kier molecular flexibility index (Phi) is 8.57. The maximum Gasteiger partial charge on any atom is 0.230 e. The fourth-order valence-electron chi connectivity index (χ4n) is 2.95. The van der Waals surface area contributed by atoms with Gasteiger partial charge < -0.3 is 24.8 Å². The molecule has 0 spiro atoms. The molecule has 0 radical (unpaired) electrons. The highest BCUT2D eigenvalue weighted by atomic mass is 32.2. The summed E-state index contributed by atoms with van der Waals surface area (Å²) in [5.41, 5.74) is 1.67. The maximum atomic E-state index is 12.5. The van der Waals surface area contributed by atoms with Gasteiger partial charge in [0.05, 0.1) is 38.3 Å². The van der Waals surface area contributed by atoms with Crippen LogP contribution in [0.3, 0.4) is 0 Å². The van der Waals surface area contributed by atoms with Crippen molar-refractivity contribution in [3.05, 3.63) is 48.0 Å². The SMILES string of the molecule is CCOc1ccccc1Nc1nnc(SCC(=O)NC(C)c2cc(OC)ccc2OC)s1. The van der Waals surface area contributed by atoms with Crippen LogP contribution in [0.4, 0.5) is 10.8 Å². The first-order valence-corrected chi connectivity index (χ1v) is 11.8. The number of thioether (sulfide) groups is 1. The number of hydrogen-bond donors (Lipinski definition) is 2. The second-order valence-corrected chi connectivity index (χ2v) is 8.81. The van der Waals surface area contributed by atoms with Gasteiger partial charge in [0.2, 0.25) is 11.0 Å². The second-order valence-electron chi connectivity index (χ2n) is 6.61. The van der Waals surface area contributed by atoms with Crippen LogP contribution in [0.15, 0.2) is 46.8 Å². The molecular weight excluding hydrogens is 448 g/mol. The third-order valence-corrected chi connectivity index (χ3v) is 6.41. The molecule has 8 nitrogen and oxygen atoms in total. The Labute approximate surface area is 195 Å². The van der Waals surface area contributed by atoms with Crippen molar-refractivity contribution in [1.82, 2.24) is 15.5 Å². The van der Waals surface area contributed by atoms with Crippen LogP contribution in [0.1, 0.15) is 25.5 Å². The predicted octanol–water partition coefficient (Wildman–Crippen LogP) is 4.67. The van der Waals surface area contributed by atoms with Crippen molar-refractivity contribution in [2.24, 2.45) is 0 Å². The average molecular weight is 475 g/mol. The summed E-state index contributed by atoms with van der Waals surface area (Å²) in [6.45, 7) is 4.42.